The maximum absolute atomic E-state index is 10.9. The maximum Gasteiger partial charge on any atom is 0.270 e. The first-order valence-corrected chi connectivity index (χ1v) is 6.46. The third kappa shape index (κ3) is 3.03. The quantitative estimate of drug-likeness (QED) is 0.669. The number of rotatable bonds is 5. The highest BCUT2D eigenvalue weighted by Gasteiger charge is 2.15. The summed E-state index contributed by atoms with van der Waals surface area (Å²) in [4.78, 5) is 14.7. The van der Waals surface area contributed by atoms with E-state index in [4.69, 9.17) is 4.42 Å². The summed E-state index contributed by atoms with van der Waals surface area (Å²) in [6.07, 6.45) is 1.60. The van der Waals surface area contributed by atoms with Crippen molar-refractivity contribution >= 4 is 5.69 Å². The number of nitro benzene ring substituents is 1. The normalized spacial score (nSPS) is 12.3. The van der Waals surface area contributed by atoms with Crippen molar-refractivity contribution in [2.24, 2.45) is 0 Å². The van der Waals surface area contributed by atoms with E-state index in [2.05, 4.69) is 10.3 Å². The van der Waals surface area contributed by atoms with Crippen LogP contribution in [0.25, 0.3) is 11.3 Å². The highest BCUT2D eigenvalue weighted by atomic mass is 16.6. The molecule has 1 unspecified atom stereocenters. The van der Waals surface area contributed by atoms with Crippen LogP contribution in [0.15, 0.2) is 28.8 Å². The number of aromatic nitrogens is 1. The SMILES string of the molecule is CCNC(C)c1ncc(-c2cc(C)cc([N+](=O)[O-])c2)o1. The van der Waals surface area contributed by atoms with Gasteiger partial charge in [-0.25, -0.2) is 4.98 Å². The number of nitro groups is 1. The van der Waals surface area contributed by atoms with Crippen LogP contribution in [-0.2, 0) is 0 Å². The predicted octanol–water partition coefficient (Wildman–Crippen LogP) is 3.23. The third-order valence-electron chi connectivity index (χ3n) is 2.96. The molecule has 0 fully saturated rings. The van der Waals surface area contributed by atoms with Gasteiger partial charge in [-0.15, -0.1) is 0 Å². The topological polar surface area (TPSA) is 81.2 Å². The fraction of sp³-hybridized carbons (Fsp3) is 0.357. The van der Waals surface area contributed by atoms with Crippen molar-refractivity contribution in [1.82, 2.24) is 10.3 Å². The molecule has 0 radical (unpaired) electrons. The van der Waals surface area contributed by atoms with Crippen LogP contribution < -0.4 is 5.32 Å². The van der Waals surface area contributed by atoms with Gasteiger partial charge in [-0.2, -0.15) is 0 Å². The van der Waals surface area contributed by atoms with E-state index in [1.165, 1.54) is 12.1 Å². The molecule has 6 heteroatoms. The summed E-state index contributed by atoms with van der Waals surface area (Å²) in [6, 6.07) is 4.88. The Hall–Kier alpha value is -2.21. The molecule has 1 aromatic carbocycles. The molecule has 1 aromatic heterocycles. The zero-order valence-corrected chi connectivity index (χ0v) is 11.7. The first-order chi connectivity index (χ1) is 9.51. The highest BCUT2D eigenvalue weighted by molar-refractivity contribution is 5.61. The molecule has 0 bridgehead atoms. The summed E-state index contributed by atoms with van der Waals surface area (Å²) >= 11 is 0. The molecule has 2 rings (SSSR count). The number of hydrogen-bond donors (Lipinski definition) is 1. The van der Waals surface area contributed by atoms with E-state index in [0.717, 1.165) is 12.1 Å². The monoisotopic (exact) mass is 275 g/mol. The Bertz CT molecular complexity index is 622. The molecule has 1 heterocycles. The van der Waals surface area contributed by atoms with E-state index >= 15 is 0 Å². The van der Waals surface area contributed by atoms with Crippen LogP contribution in [0.2, 0.25) is 0 Å². The van der Waals surface area contributed by atoms with Gasteiger partial charge in [-0.1, -0.05) is 6.92 Å². The highest BCUT2D eigenvalue weighted by Crippen LogP contribution is 2.27. The van der Waals surface area contributed by atoms with Gasteiger partial charge < -0.3 is 9.73 Å². The van der Waals surface area contributed by atoms with Crippen LogP contribution in [0.3, 0.4) is 0 Å². The molecule has 0 aliphatic rings. The molecular formula is C14H17N3O3. The van der Waals surface area contributed by atoms with E-state index in [1.807, 2.05) is 26.8 Å². The van der Waals surface area contributed by atoms with Crippen LogP contribution in [0.5, 0.6) is 0 Å². The predicted molar refractivity (Wildman–Crippen MR) is 75.4 cm³/mol. The standard InChI is InChI=1S/C14H17N3O3/c1-4-15-10(3)14-16-8-13(20-14)11-5-9(2)6-12(7-11)17(18)19/h5-8,10,15H,4H2,1-3H3. The smallest absolute Gasteiger partial charge is 0.270 e. The fourth-order valence-electron chi connectivity index (χ4n) is 2.03. The van der Waals surface area contributed by atoms with Crippen molar-refractivity contribution in [3.05, 3.63) is 46.0 Å². The molecule has 0 aliphatic carbocycles. The lowest BCUT2D eigenvalue weighted by Crippen LogP contribution is -2.17. The van der Waals surface area contributed by atoms with E-state index in [0.29, 0.717) is 17.2 Å². The van der Waals surface area contributed by atoms with Crippen LogP contribution >= 0.6 is 0 Å². The lowest BCUT2D eigenvalue weighted by atomic mass is 10.1. The van der Waals surface area contributed by atoms with Gasteiger partial charge in [-0.05, 0) is 32.0 Å². The van der Waals surface area contributed by atoms with Crippen molar-refractivity contribution in [3.8, 4) is 11.3 Å². The van der Waals surface area contributed by atoms with E-state index < -0.39 is 4.92 Å². The van der Waals surface area contributed by atoms with Gasteiger partial charge >= 0.3 is 0 Å². The van der Waals surface area contributed by atoms with Crippen molar-refractivity contribution in [3.63, 3.8) is 0 Å². The Kier molecular flexibility index (Phi) is 4.14. The summed E-state index contributed by atoms with van der Waals surface area (Å²) in [5.74, 6) is 1.11. The summed E-state index contributed by atoms with van der Waals surface area (Å²) < 4.78 is 5.68. The molecule has 2 aromatic rings. The van der Waals surface area contributed by atoms with Gasteiger partial charge in [0.2, 0.25) is 5.89 Å². The Morgan fingerprint density at radius 1 is 1.45 bits per heavy atom. The van der Waals surface area contributed by atoms with Crippen LogP contribution in [0.4, 0.5) is 5.69 Å². The molecule has 1 atom stereocenters. The van der Waals surface area contributed by atoms with Gasteiger partial charge in [0.1, 0.15) is 0 Å². The molecule has 20 heavy (non-hydrogen) atoms. The van der Waals surface area contributed by atoms with Crippen molar-refractivity contribution < 1.29 is 9.34 Å². The third-order valence-corrected chi connectivity index (χ3v) is 2.96. The Morgan fingerprint density at radius 3 is 2.85 bits per heavy atom. The largest absolute Gasteiger partial charge is 0.439 e. The number of hydrogen-bond acceptors (Lipinski definition) is 5. The first kappa shape index (κ1) is 14.2. The number of nitrogens with one attached hydrogen (secondary N) is 1. The van der Waals surface area contributed by atoms with E-state index in [-0.39, 0.29) is 11.7 Å². The second-order valence-electron chi connectivity index (χ2n) is 4.66. The number of benzene rings is 1. The molecule has 6 nitrogen and oxygen atoms in total. The first-order valence-electron chi connectivity index (χ1n) is 6.46. The lowest BCUT2D eigenvalue weighted by Gasteiger charge is -2.06. The summed E-state index contributed by atoms with van der Waals surface area (Å²) in [6.45, 7) is 6.59. The summed E-state index contributed by atoms with van der Waals surface area (Å²) in [7, 11) is 0. The number of nitrogens with zero attached hydrogens (tertiary/aromatic N) is 2. The molecule has 106 valence electrons. The number of aryl methyl sites for hydroxylation is 1. The van der Waals surface area contributed by atoms with Gasteiger partial charge in [-0.3, -0.25) is 10.1 Å². The van der Waals surface area contributed by atoms with Gasteiger partial charge in [0.15, 0.2) is 5.76 Å². The lowest BCUT2D eigenvalue weighted by molar-refractivity contribution is -0.384. The molecule has 0 spiro atoms. The Morgan fingerprint density at radius 2 is 2.20 bits per heavy atom. The molecule has 0 amide bonds. The van der Waals surface area contributed by atoms with Crippen LogP contribution in [-0.4, -0.2) is 16.5 Å². The van der Waals surface area contributed by atoms with Crippen molar-refractivity contribution in [1.29, 1.82) is 0 Å². The average molecular weight is 275 g/mol. The molecular weight excluding hydrogens is 258 g/mol. The van der Waals surface area contributed by atoms with Crippen LogP contribution in [0.1, 0.15) is 31.3 Å². The van der Waals surface area contributed by atoms with Crippen molar-refractivity contribution in [2.75, 3.05) is 6.54 Å². The minimum absolute atomic E-state index is 0.00791. The second-order valence-corrected chi connectivity index (χ2v) is 4.66. The zero-order chi connectivity index (χ0) is 14.7. The second kappa shape index (κ2) is 5.83. The van der Waals surface area contributed by atoms with Gasteiger partial charge in [0.25, 0.3) is 5.69 Å². The number of non-ortho nitro benzene ring substituents is 1. The zero-order valence-electron chi connectivity index (χ0n) is 11.7. The van der Waals surface area contributed by atoms with Gasteiger partial charge in [0.05, 0.1) is 17.2 Å². The average Bonchev–Trinajstić information content (AvgIpc) is 2.88. The Labute approximate surface area is 117 Å². The van der Waals surface area contributed by atoms with Gasteiger partial charge in [0, 0.05) is 17.7 Å². The minimum Gasteiger partial charge on any atom is -0.439 e. The maximum atomic E-state index is 10.9. The van der Waals surface area contributed by atoms with E-state index in [9.17, 15) is 10.1 Å². The summed E-state index contributed by atoms with van der Waals surface area (Å²) in [5, 5.41) is 14.1. The molecule has 0 saturated carbocycles. The fourth-order valence-corrected chi connectivity index (χ4v) is 2.03. The molecule has 1 N–H and O–H groups in total. The van der Waals surface area contributed by atoms with E-state index in [1.54, 1.807) is 6.20 Å². The van der Waals surface area contributed by atoms with Crippen molar-refractivity contribution in [2.45, 2.75) is 26.8 Å². The molecule has 0 saturated heterocycles. The minimum atomic E-state index is -0.408. The number of oxazole rings is 1. The summed E-state index contributed by atoms with van der Waals surface area (Å²) in [5.41, 5.74) is 1.53. The molecule has 0 aliphatic heterocycles. The Balaban J connectivity index is 2.34. The van der Waals surface area contributed by atoms with Crippen LogP contribution in [0, 0.1) is 17.0 Å².